The topological polar surface area (TPSA) is 71.4 Å². The fraction of sp³-hybridized carbons (Fsp3) is 0.182. The summed E-state index contributed by atoms with van der Waals surface area (Å²) in [6.07, 6.45) is 0. The van der Waals surface area contributed by atoms with Crippen LogP contribution in [0.4, 0.5) is 5.69 Å². The van der Waals surface area contributed by atoms with E-state index in [0.29, 0.717) is 23.5 Å². The number of hydrogen-bond donors (Lipinski definition) is 1. The van der Waals surface area contributed by atoms with E-state index in [1.165, 1.54) is 6.07 Å². The molecule has 6 nitrogen and oxygen atoms in total. The number of nitrogens with one attached hydrogen (secondary N) is 1. The minimum absolute atomic E-state index is 0.0652. The van der Waals surface area contributed by atoms with E-state index >= 15 is 0 Å². The zero-order valence-corrected chi connectivity index (χ0v) is 15.8. The normalized spacial score (nSPS) is 11.4. The van der Waals surface area contributed by atoms with Gasteiger partial charge in [0, 0.05) is 34.5 Å². The Morgan fingerprint density at radius 1 is 0.964 bits per heavy atom. The van der Waals surface area contributed by atoms with Gasteiger partial charge >= 0.3 is 0 Å². The van der Waals surface area contributed by atoms with Crippen molar-refractivity contribution in [3.8, 4) is 16.9 Å². The molecular weight excluding hydrogens is 354 g/mol. The van der Waals surface area contributed by atoms with E-state index in [2.05, 4.69) is 11.1 Å². The number of nitro benzene ring substituents is 1. The molecule has 1 aromatic heterocycles. The minimum Gasteiger partial charge on any atom is -0.489 e. The summed E-state index contributed by atoms with van der Waals surface area (Å²) in [4.78, 5) is 16.7. The van der Waals surface area contributed by atoms with Crippen LogP contribution in [0, 0.1) is 10.1 Å². The fourth-order valence-corrected chi connectivity index (χ4v) is 3.45. The molecule has 4 aromatic rings. The number of ether oxygens (including phenoxy) is 1. The molecule has 0 saturated carbocycles. The number of fused-ring (bicyclic) bond motifs is 3. The monoisotopic (exact) mass is 375 g/mol. The fourth-order valence-electron chi connectivity index (χ4n) is 3.45. The van der Waals surface area contributed by atoms with Gasteiger partial charge in [-0.15, -0.1) is 0 Å². The zero-order valence-electron chi connectivity index (χ0n) is 15.8. The molecule has 3 aromatic carbocycles. The maximum atomic E-state index is 11.6. The van der Waals surface area contributed by atoms with Gasteiger partial charge in [-0.05, 0) is 32.3 Å². The second-order valence-electron chi connectivity index (χ2n) is 6.96. The van der Waals surface area contributed by atoms with E-state index in [-0.39, 0.29) is 10.6 Å². The van der Waals surface area contributed by atoms with Crippen molar-refractivity contribution in [1.29, 1.82) is 0 Å². The summed E-state index contributed by atoms with van der Waals surface area (Å²) in [6, 6.07) is 18.7. The first kappa shape index (κ1) is 18.0. The molecule has 0 aliphatic rings. The van der Waals surface area contributed by atoms with Crippen LogP contribution in [-0.2, 0) is 0 Å². The standard InChI is InChI=1S/C22H21N3O3/c1-24(2)13-14-28-22-18(16-8-4-6-10-20(16)25(26)27)12-11-17-15-7-3-5-9-19(15)23-21(17)22/h3-12,23H,13-14H2,1-2H3. The summed E-state index contributed by atoms with van der Waals surface area (Å²) in [5.41, 5.74) is 3.19. The van der Waals surface area contributed by atoms with Crippen molar-refractivity contribution in [3.05, 3.63) is 70.8 Å². The van der Waals surface area contributed by atoms with Gasteiger partial charge < -0.3 is 14.6 Å². The molecule has 6 heteroatoms. The average Bonchev–Trinajstić information content (AvgIpc) is 3.07. The van der Waals surface area contributed by atoms with E-state index in [4.69, 9.17) is 4.74 Å². The van der Waals surface area contributed by atoms with Crippen molar-refractivity contribution in [3.63, 3.8) is 0 Å². The molecule has 0 fully saturated rings. The Hall–Kier alpha value is -3.38. The number of nitrogens with zero attached hydrogens (tertiary/aromatic N) is 2. The lowest BCUT2D eigenvalue weighted by atomic mass is 10.0. The average molecular weight is 375 g/mol. The largest absolute Gasteiger partial charge is 0.489 e. The number of aromatic nitrogens is 1. The van der Waals surface area contributed by atoms with Crippen LogP contribution >= 0.6 is 0 Å². The number of benzene rings is 3. The van der Waals surface area contributed by atoms with Gasteiger partial charge in [0.2, 0.25) is 0 Å². The number of nitro groups is 1. The highest BCUT2D eigenvalue weighted by Gasteiger charge is 2.21. The first-order valence-electron chi connectivity index (χ1n) is 9.11. The van der Waals surface area contributed by atoms with E-state index < -0.39 is 0 Å². The van der Waals surface area contributed by atoms with Crippen LogP contribution in [0.1, 0.15) is 0 Å². The number of H-pyrrole nitrogens is 1. The number of para-hydroxylation sites is 2. The van der Waals surface area contributed by atoms with Crippen LogP contribution in [0.3, 0.4) is 0 Å². The Balaban J connectivity index is 1.95. The first-order chi connectivity index (χ1) is 13.6. The van der Waals surface area contributed by atoms with Gasteiger partial charge in [-0.25, -0.2) is 0 Å². The van der Waals surface area contributed by atoms with E-state index in [9.17, 15) is 10.1 Å². The minimum atomic E-state index is -0.353. The second kappa shape index (κ2) is 7.32. The van der Waals surface area contributed by atoms with Crippen molar-refractivity contribution in [2.75, 3.05) is 27.2 Å². The molecule has 0 unspecified atom stereocenters. The lowest BCUT2D eigenvalue weighted by Crippen LogP contribution is -2.19. The van der Waals surface area contributed by atoms with Gasteiger partial charge in [0.25, 0.3) is 5.69 Å². The van der Waals surface area contributed by atoms with Crippen LogP contribution in [0.15, 0.2) is 60.7 Å². The lowest BCUT2D eigenvalue weighted by Gasteiger charge is -2.15. The summed E-state index contributed by atoms with van der Waals surface area (Å²) in [5.74, 6) is 0.643. The summed E-state index contributed by atoms with van der Waals surface area (Å²) in [7, 11) is 3.96. The van der Waals surface area contributed by atoms with Gasteiger partial charge in [0.15, 0.2) is 5.75 Å². The molecule has 0 spiro atoms. The smallest absolute Gasteiger partial charge is 0.277 e. The van der Waals surface area contributed by atoms with Crippen LogP contribution < -0.4 is 4.74 Å². The highest BCUT2D eigenvalue weighted by molar-refractivity contribution is 6.11. The third-order valence-electron chi connectivity index (χ3n) is 4.81. The van der Waals surface area contributed by atoms with Crippen LogP contribution in [0.5, 0.6) is 5.75 Å². The van der Waals surface area contributed by atoms with Crippen molar-refractivity contribution in [2.24, 2.45) is 0 Å². The summed E-state index contributed by atoms with van der Waals surface area (Å²) in [5, 5.41) is 13.7. The van der Waals surface area contributed by atoms with Crippen LogP contribution in [0.2, 0.25) is 0 Å². The molecule has 0 saturated heterocycles. The highest BCUT2D eigenvalue weighted by Crippen LogP contribution is 2.42. The molecule has 142 valence electrons. The van der Waals surface area contributed by atoms with Gasteiger partial charge in [-0.1, -0.05) is 36.4 Å². The first-order valence-corrected chi connectivity index (χ1v) is 9.11. The quantitative estimate of drug-likeness (QED) is 0.387. The van der Waals surface area contributed by atoms with Crippen molar-refractivity contribution >= 4 is 27.5 Å². The second-order valence-corrected chi connectivity index (χ2v) is 6.96. The van der Waals surface area contributed by atoms with E-state index in [1.807, 2.05) is 49.3 Å². The van der Waals surface area contributed by atoms with Gasteiger partial charge in [0.05, 0.1) is 16.0 Å². The predicted molar refractivity (Wildman–Crippen MR) is 112 cm³/mol. The maximum absolute atomic E-state index is 11.6. The molecule has 0 atom stereocenters. The summed E-state index contributed by atoms with van der Waals surface area (Å²) in [6.45, 7) is 1.22. The van der Waals surface area contributed by atoms with Crippen molar-refractivity contribution in [2.45, 2.75) is 0 Å². The Morgan fingerprint density at radius 2 is 1.71 bits per heavy atom. The molecule has 4 rings (SSSR count). The number of likely N-dealkylation sites (N-methyl/N-ethyl adjacent to an activating group) is 1. The molecular formula is C22H21N3O3. The Morgan fingerprint density at radius 3 is 2.50 bits per heavy atom. The van der Waals surface area contributed by atoms with E-state index in [0.717, 1.165) is 28.4 Å². The molecule has 0 aliphatic carbocycles. The third-order valence-corrected chi connectivity index (χ3v) is 4.81. The van der Waals surface area contributed by atoms with Gasteiger partial charge in [-0.3, -0.25) is 10.1 Å². The highest BCUT2D eigenvalue weighted by atomic mass is 16.6. The summed E-state index contributed by atoms with van der Waals surface area (Å²) >= 11 is 0. The molecule has 28 heavy (non-hydrogen) atoms. The number of rotatable bonds is 6. The molecule has 0 amide bonds. The van der Waals surface area contributed by atoms with E-state index in [1.54, 1.807) is 18.2 Å². The van der Waals surface area contributed by atoms with Crippen LogP contribution in [0.25, 0.3) is 32.9 Å². The Bertz CT molecular complexity index is 1160. The molecule has 0 aliphatic heterocycles. The Kier molecular flexibility index (Phi) is 4.71. The SMILES string of the molecule is CN(C)CCOc1c(-c2ccccc2[N+](=O)[O-])ccc2c1[nH]c1ccccc12. The zero-order chi connectivity index (χ0) is 19.7. The molecule has 1 heterocycles. The Labute approximate surface area is 162 Å². The molecule has 0 bridgehead atoms. The van der Waals surface area contributed by atoms with Gasteiger partial charge in [-0.2, -0.15) is 0 Å². The predicted octanol–water partition coefficient (Wildman–Crippen LogP) is 4.84. The van der Waals surface area contributed by atoms with Crippen LogP contribution in [-0.4, -0.2) is 42.1 Å². The number of hydrogen-bond acceptors (Lipinski definition) is 4. The lowest BCUT2D eigenvalue weighted by molar-refractivity contribution is -0.384. The van der Waals surface area contributed by atoms with Crippen molar-refractivity contribution in [1.82, 2.24) is 9.88 Å². The third kappa shape index (κ3) is 3.18. The number of aromatic amines is 1. The molecule has 0 radical (unpaired) electrons. The van der Waals surface area contributed by atoms with Gasteiger partial charge in [0.1, 0.15) is 6.61 Å². The molecule has 1 N–H and O–H groups in total. The summed E-state index contributed by atoms with van der Waals surface area (Å²) < 4.78 is 6.18. The van der Waals surface area contributed by atoms with Crippen molar-refractivity contribution < 1.29 is 9.66 Å². The maximum Gasteiger partial charge on any atom is 0.277 e.